The van der Waals surface area contributed by atoms with Crippen LogP contribution in [0.4, 0.5) is 0 Å². The zero-order chi connectivity index (χ0) is 6.81. The molecule has 0 saturated carbocycles. The van der Waals surface area contributed by atoms with Crippen molar-refractivity contribution in [2.24, 2.45) is 0 Å². The first-order valence-corrected chi connectivity index (χ1v) is 3.44. The lowest BCUT2D eigenvalue weighted by atomic mass is 10.1. The molecular weight excluding hydrogens is 126 g/mol. The fraction of sp³-hybridized carbons (Fsp3) is 0.375. The summed E-state index contributed by atoms with van der Waals surface area (Å²) in [4.78, 5) is 3.85. The minimum absolute atomic E-state index is 0.832. The molecule has 1 radical (unpaired) electrons. The average Bonchev–Trinajstić information content (AvgIpc) is 2.05. The number of aryl methyl sites for hydroxylation is 1. The second-order valence-corrected chi connectivity index (χ2v) is 2.37. The molecule has 10 heavy (non-hydrogen) atoms. The standard InChI is InChI=1S/C8H8NO/c1-2-7-3-4-9-6-8(7)10-5-1/h3,6H,1-2,5H2. The molecule has 0 unspecified atom stereocenters. The van der Waals surface area contributed by atoms with Crippen molar-refractivity contribution in [3.8, 4) is 5.75 Å². The van der Waals surface area contributed by atoms with Gasteiger partial charge >= 0.3 is 0 Å². The van der Waals surface area contributed by atoms with Gasteiger partial charge in [-0.1, -0.05) is 0 Å². The van der Waals surface area contributed by atoms with Gasteiger partial charge in [0.25, 0.3) is 0 Å². The van der Waals surface area contributed by atoms with Gasteiger partial charge in [-0.3, -0.25) is 4.98 Å². The van der Waals surface area contributed by atoms with Crippen LogP contribution >= 0.6 is 0 Å². The van der Waals surface area contributed by atoms with Gasteiger partial charge in [0.05, 0.1) is 19.0 Å². The van der Waals surface area contributed by atoms with Crippen molar-refractivity contribution in [3.63, 3.8) is 0 Å². The first-order valence-electron chi connectivity index (χ1n) is 3.44. The van der Waals surface area contributed by atoms with Gasteiger partial charge in [-0.25, -0.2) is 0 Å². The highest BCUT2D eigenvalue weighted by molar-refractivity contribution is 5.30. The minimum atomic E-state index is 0.832. The Morgan fingerprint density at radius 1 is 1.60 bits per heavy atom. The lowest BCUT2D eigenvalue weighted by Gasteiger charge is -2.14. The van der Waals surface area contributed by atoms with Crippen molar-refractivity contribution in [1.29, 1.82) is 0 Å². The lowest BCUT2D eigenvalue weighted by Crippen LogP contribution is -2.08. The van der Waals surface area contributed by atoms with Crippen LogP contribution in [-0.4, -0.2) is 11.6 Å². The van der Waals surface area contributed by atoms with Gasteiger partial charge in [0.1, 0.15) is 5.75 Å². The summed E-state index contributed by atoms with van der Waals surface area (Å²) in [7, 11) is 0. The van der Waals surface area contributed by atoms with E-state index in [2.05, 4.69) is 11.2 Å². The molecule has 1 aliphatic rings. The van der Waals surface area contributed by atoms with Crippen LogP contribution in [0, 0.1) is 6.20 Å². The maximum absolute atomic E-state index is 5.34. The molecule has 0 fully saturated rings. The van der Waals surface area contributed by atoms with Crippen LogP contribution in [0.15, 0.2) is 12.3 Å². The summed E-state index contributed by atoms with van der Waals surface area (Å²) in [5, 5.41) is 0. The Morgan fingerprint density at radius 2 is 2.60 bits per heavy atom. The van der Waals surface area contributed by atoms with Gasteiger partial charge in [0.2, 0.25) is 0 Å². The Kier molecular flexibility index (Phi) is 1.31. The van der Waals surface area contributed by atoms with E-state index in [1.807, 2.05) is 6.07 Å². The molecule has 0 amide bonds. The molecule has 1 aliphatic heterocycles. The van der Waals surface area contributed by atoms with Gasteiger partial charge < -0.3 is 4.74 Å². The van der Waals surface area contributed by atoms with E-state index in [0.29, 0.717) is 0 Å². The fourth-order valence-electron chi connectivity index (χ4n) is 1.14. The fourth-order valence-corrected chi connectivity index (χ4v) is 1.14. The number of fused-ring (bicyclic) bond motifs is 1. The molecule has 1 aromatic heterocycles. The van der Waals surface area contributed by atoms with Crippen LogP contribution in [0.5, 0.6) is 5.75 Å². The van der Waals surface area contributed by atoms with Gasteiger partial charge in [0.15, 0.2) is 0 Å². The summed E-state index contributed by atoms with van der Waals surface area (Å²) >= 11 is 0. The Balaban J connectivity index is 2.41. The Morgan fingerprint density at radius 3 is 3.50 bits per heavy atom. The molecule has 2 nitrogen and oxygen atoms in total. The Labute approximate surface area is 59.9 Å². The number of rotatable bonds is 0. The lowest BCUT2D eigenvalue weighted by molar-refractivity contribution is 0.287. The highest BCUT2D eigenvalue weighted by Crippen LogP contribution is 2.21. The van der Waals surface area contributed by atoms with Crippen molar-refractivity contribution in [2.75, 3.05) is 6.61 Å². The van der Waals surface area contributed by atoms with Crippen LogP contribution < -0.4 is 4.74 Å². The van der Waals surface area contributed by atoms with E-state index in [1.54, 1.807) is 6.20 Å². The van der Waals surface area contributed by atoms with Crippen LogP contribution in [-0.2, 0) is 6.42 Å². The minimum Gasteiger partial charge on any atom is -0.492 e. The first kappa shape index (κ1) is 5.71. The summed E-state index contributed by atoms with van der Waals surface area (Å²) in [6, 6.07) is 1.90. The molecule has 0 N–H and O–H groups in total. The molecule has 51 valence electrons. The van der Waals surface area contributed by atoms with Crippen molar-refractivity contribution >= 4 is 0 Å². The maximum Gasteiger partial charge on any atom is 0.140 e. The van der Waals surface area contributed by atoms with E-state index in [1.165, 1.54) is 5.56 Å². The maximum atomic E-state index is 5.34. The summed E-state index contributed by atoms with van der Waals surface area (Å²) in [6.45, 7) is 0.832. The normalized spacial score (nSPS) is 15.6. The molecule has 0 spiro atoms. The van der Waals surface area contributed by atoms with Crippen molar-refractivity contribution in [1.82, 2.24) is 4.98 Å². The molecule has 0 aliphatic carbocycles. The van der Waals surface area contributed by atoms with E-state index < -0.39 is 0 Å². The monoisotopic (exact) mass is 134 g/mol. The topological polar surface area (TPSA) is 22.1 Å². The van der Waals surface area contributed by atoms with Crippen molar-refractivity contribution < 1.29 is 4.74 Å². The van der Waals surface area contributed by atoms with Gasteiger partial charge in [-0.2, -0.15) is 0 Å². The number of nitrogens with zero attached hydrogens (tertiary/aromatic N) is 1. The molecule has 0 bridgehead atoms. The third kappa shape index (κ3) is 0.856. The van der Waals surface area contributed by atoms with Crippen molar-refractivity contribution in [2.45, 2.75) is 12.8 Å². The number of pyridine rings is 1. The molecule has 2 heteroatoms. The van der Waals surface area contributed by atoms with Crippen LogP contribution in [0.3, 0.4) is 0 Å². The van der Waals surface area contributed by atoms with Crippen LogP contribution in [0.25, 0.3) is 0 Å². The predicted octanol–water partition coefficient (Wildman–Crippen LogP) is 1.21. The van der Waals surface area contributed by atoms with E-state index in [9.17, 15) is 0 Å². The zero-order valence-electron chi connectivity index (χ0n) is 5.63. The van der Waals surface area contributed by atoms with Gasteiger partial charge in [-0.15, -0.1) is 0 Å². The predicted molar refractivity (Wildman–Crippen MR) is 36.9 cm³/mol. The Hall–Kier alpha value is -1.05. The van der Waals surface area contributed by atoms with E-state index in [-0.39, 0.29) is 0 Å². The van der Waals surface area contributed by atoms with Crippen LogP contribution in [0.1, 0.15) is 12.0 Å². The quantitative estimate of drug-likeness (QED) is 0.532. The number of ether oxygens (including phenoxy) is 1. The molecule has 0 atom stereocenters. The van der Waals surface area contributed by atoms with Gasteiger partial charge in [-0.05, 0) is 24.5 Å². The van der Waals surface area contributed by atoms with E-state index in [0.717, 1.165) is 25.2 Å². The molecule has 2 rings (SSSR count). The van der Waals surface area contributed by atoms with Crippen molar-refractivity contribution in [3.05, 3.63) is 24.0 Å². The second-order valence-electron chi connectivity index (χ2n) is 2.37. The number of hydrogen-bond acceptors (Lipinski definition) is 2. The SMILES string of the molecule is [c]1cc2c(cn1)OCCC2. The molecule has 1 aromatic rings. The highest BCUT2D eigenvalue weighted by atomic mass is 16.5. The molecule has 0 saturated heterocycles. The molecule has 0 aromatic carbocycles. The summed E-state index contributed by atoms with van der Waals surface area (Å²) in [5.74, 6) is 0.935. The smallest absolute Gasteiger partial charge is 0.140 e. The number of hydrogen-bond donors (Lipinski definition) is 0. The highest BCUT2D eigenvalue weighted by Gasteiger charge is 2.07. The zero-order valence-corrected chi connectivity index (χ0v) is 5.63. The van der Waals surface area contributed by atoms with E-state index in [4.69, 9.17) is 4.74 Å². The molecular formula is C8H8NO. The second kappa shape index (κ2) is 2.29. The summed E-state index contributed by atoms with van der Waals surface area (Å²) in [5.41, 5.74) is 1.24. The van der Waals surface area contributed by atoms with E-state index >= 15 is 0 Å². The van der Waals surface area contributed by atoms with Crippen LogP contribution in [0.2, 0.25) is 0 Å². The summed E-state index contributed by atoms with van der Waals surface area (Å²) < 4.78 is 5.34. The van der Waals surface area contributed by atoms with Gasteiger partial charge in [0, 0.05) is 0 Å². The summed E-state index contributed by atoms with van der Waals surface area (Å²) in [6.07, 6.45) is 6.74. The molecule has 2 heterocycles. The largest absolute Gasteiger partial charge is 0.492 e. The third-order valence-electron chi connectivity index (χ3n) is 1.66. The third-order valence-corrected chi connectivity index (χ3v) is 1.66. The average molecular weight is 134 g/mol. The number of aromatic nitrogens is 1. The first-order chi connectivity index (χ1) is 4.97. The Bertz CT molecular complexity index is 209.